The van der Waals surface area contributed by atoms with Crippen molar-refractivity contribution in [3.63, 3.8) is 0 Å². The van der Waals surface area contributed by atoms with Crippen molar-refractivity contribution >= 4 is 17.2 Å². The van der Waals surface area contributed by atoms with Gasteiger partial charge in [-0.25, -0.2) is 0 Å². The monoisotopic (exact) mass is 292 g/mol. The third kappa shape index (κ3) is 3.07. The summed E-state index contributed by atoms with van der Waals surface area (Å²) in [6.07, 6.45) is 6.49. The van der Waals surface area contributed by atoms with Gasteiger partial charge in [-0.05, 0) is 54.5 Å². The standard InChI is InChI=1S/C16H24N2OS/c1-2-6-18(16(19)8-12-5-7-20-11-12)15-9-13-3-4-14(10-15)17-13/h5,7,11,13-15,17H,2-4,6,8-10H2,1H3. The van der Waals surface area contributed by atoms with Crippen molar-refractivity contribution in [2.24, 2.45) is 0 Å². The third-order valence-electron chi connectivity index (χ3n) is 4.61. The third-order valence-corrected chi connectivity index (χ3v) is 5.34. The van der Waals surface area contributed by atoms with Crippen molar-refractivity contribution in [2.45, 2.75) is 63.6 Å². The minimum absolute atomic E-state index is 0.316. The van der Waals surface area contributed by atoms with E-state index in [1.165, 1.54) is 12.8 Å². The summed E-state index contributed by atoms with van der Waals surface area (Å²) < 4.78 is 0. The van der Waals surface area contributed by atoms with Gasteiger partial charge in [-0.1, -0.05) is 6.92 Å². The van der Waals surface area contributed by atoms with Crippen molar-refractivity contribution in [1.29, 1.82) is 0 Å². The second kappa shape index (κ2) is 6.27. The van der Waals surface area contributed by atoms with Crippen LogP contribution in [0.3, 0.4) is 0 Å². The Kier molecular flexibility index (Phi) is 4.41. The molecule has 2 aliphatic rings. The van der Waals surface area contributed by atoms with Crippen LogP contribution in [0, 0.1) is 0 Å². The van der Waals surface area contributed by atoms with Crippen LogP contribution in [0.25, 0.3) is 0 Å². The number of rotatable bonds is 5. The zero-order chi connectivity index (χ0) is 13.9. The maximum atomic E-state index is 12.6. The Morgan fingerprint density at radius 3 is 2.75 bits per heavy atom. The second-order valence-corrected chi connectivity index (χ2v) is 6.94. The molecule has 0 aromatic carbocycles. The Balaban J connectivity index is 1.66. The average Bonchev–Trinajstić information content (AvgIpc) is 3.05. The van der Waals surface area contributed by atoms with Crippen LogP contribution in [0.15, 0.2) is 16.8 Å². The van der Waals surface area contributed by atoms with Gasteiger partial charge >= 0.3 is 0 Å². The van der Waals surface area contributed by atoms with Crippen LogP contribution in [0.2, 0.25) is 0 Å². The minimum Gasteiger partial charge on any atom is -0.339 e. The molecule has 0 radical (unpaired) electrons. The first-order valence-corrected chi connectivity index (χ1v) is 8.77. The molecule has 1 aromatic heterocycles. The van der Waals surface area contributed by atoms with E-state index in [1.807, 2.05) is 0 Å². The fourth-order valence-corrected chi connectivity index (χ4v) is 4.37. The predicted octanol–water partition coefficient (Wildman–Crippen LogP) is 2.81. The Morgan fingerprint density at radius 1 is 1.40 bits per heavy atom. The van der Waals surface area contributed by atoms with Crippen molar-refractivity contribution in [3.05, 3.63) is 22.4 Å². The summed E-state index contributed by atoms with van der Waals surface area (Å²) in [5.41, 5.74) is 1.16. The highest BCUT2D eigenvalue weighted by Crippen LogP contribution is 2.30. The van der Waals surface area contributed by atoms with Crippen molar-refractivity contribution in [1.82, 2.24) is 10.2 Å². The maximum Gasteiger partial charge on any atom is 0.227 e. The normalized spacial score (nSPS) is 28.6. The van der Waals surface area contributed by atoms with Gasteiger partial charge in [0.1, 0.15) is 0 Å². The van der Waals surface area contributed by atoms with Gasteiger partial charge in [0, 0.05) is 24.7 Å². The molecule has 2 aliphatic heterocycles. The van der Waals surface area contributed by atoms with E-state index in [1.54, 1.807) is 11.3 Å². The minimum atomic E-state index is 0.316. The Labute approximate surface area is 125 Å². The highest BCUT2D eigenvalue weighted by atomic mass is 32.1. The van der Waals surface area contributed by atoms with E-state index >= 15 is 0 Å². The predicted molar refractivity (Wildman–Crippen MR) is 83.0 cm³/mol. The van der Waals surface area contributed by atoms with Crippen molar-refractivity contribution in [2.75, 3.05) is 6.54 Å². The van der Waals surface area contributed by atoms with E-state index in [2.05, 4.69) is 34.0 Å². The van der Waals surface area contributed by atoms with Gasteiger partial charge in [0.05, 0.1) is 6.42 Å². The molecule has 2 fully saturated rings. The molecule has 20 heavy (non-hydrogen) atoms. The van der Waals surface area contributed by atoms with Crippen LogP contribution < -0.4 is 5.32 Å². The first-order chi connectivity index (χ1) is 9.76. The lowest BCUT2D eigenvalue weighted by molar-refractivity contribution is -0.133. The van der Waals surface area contributed by atoms with Crippen LogP contribution in [0.5, 0.6) is 0 Å². The Bertz CT molecular complexity index is 433. The number of carbonyl (C=O) groups is 1. The van der Waals surface area contributed by atoms with E-state index in [9.17, 15) is 4.79 Å². The van der Waals surface area contributed by atoms with Crippen LogP contribution in [0.4, 0.5) is 0 Å². The summed E-state index contributed by atoms with van der Waals surface area (Å²) in [6.45, 7) is 3.08. The largest absolute Gasteiger partial charge is 0.339 e. The number of thiophene rings is 1. The molecule has 110 valence electrons. The summed E-state index contributed by atoms with van der Waals surface area (Å²) in [4.78, 5) is 14.8. The lowest BCUT2D eigenvalue weighted by Gasteiger charge is -2.38. The van der Waals surface area contributed by atoms with Crippen LogP contribution in [0.1, 0.15) is 44.6 Å². The molecule has 0 spiro atoms. The van der Waals surface area contributed by atoms with Crippen molar-refractivity contribution < 1.29 is 4.79 Å². The molecule has 3 rings (SSSR count). The summed E-state index contributed by atoms with van der Waals surface area (Å²) in [7, 11) is 0. The lowest BCUT2D eigenvalue weighted by Crippen LogP contribution is -2.50. The quantitative estimate of drug-likeness (QED) is 0.905. The van der Waals surface area contributed by atoms with Gasteiger partial charge in [0.15, 0.2) is 0 Å². The molecule has 1 aromatic rings. The topological polar surface area (TPSA) is 32.3 Å². The fraction of sp³-hybridized carbons (Fsp3) is 0.688. The molecule has 3 nitrogen and oxygen atoms in total. The van der Waals surface area contributed by atoms with E-state index < -0.39 is 0 Å². The molecule has 0 aliphatic carbocycles. The zero-order valence-electron chi connectivity index (χ0n) is 12.2. The molecule has 3 heterocycles. The maximum absolute atomic E-state index is 12.6. The molecule has 2 atom stereocenters. The zero-order valence-corrected chi connectivity index (χ0v) is 13.0. The van der Waals surface area contributed by atoms with Crippen LogP contribution >= 0.6 is 11.3 Å². The fourth-order valence-electron chi connectivity index (χ4n) is 3.70. The van der Waals surface area contributed by atoms with Crippen LogP contribution in [-0.4, -0.2) is 35.5 Å². The Hall–Kier alpha value is -0.870. The summed E-state index contributed by atoms with van der Waals surface area (Å²) >= 11 is 1.67. The van der Waals surface area contributed by atoms with E-state index in [-0.39, 0.29) is 0 Å². The van der Waals surface area contributed by atoms with E-state index in [4.69, 9.17) is 0 Å². The highest BCUT2D eigenvalue weighted by molar-refractivity contribution is 7.07. The van der Waals surface area contributed by atoms with E-state index in [0.717, 1.165) is 31.4 Å². The molecule has 1 N–H and O–H groups in total. The lowest BCUT2D eigenvalue weighted by atomic mass is 9.97. The number of hydrogen-bond acceptors (Lipinski definition) is 3. The first kappa shape index (κ1) is 14.1. The molecular weight excluding hydrogens is 268 g/mol. The summed E-state index contributed by atoms with van der Waals surface area (Å²) in [6, 6.07) is 3.82. The second-order valence-electron chi connectivity index (χ2n) is 6.16. The van der Waals surface area contributed by atoms with Gasteiger partial charge in [0.25, 0.3) is 0 Å². The van der Waals surface area contributed by atoms with Gasteiger partial charge in [-0.3, -0.25) is 4.79 Å². The summed E-state index contributed by atoms with van der Waals surface area (Å²) in [5.74, 6) is 0.316. The Morgan fingerprint density at radius 2 is 2.15 bits per heavy atom. The molecule has 4 heteroatoms. The molecule has 2 bridgehead atoms. The van der Waals surface area contributed by atoms with Gasteiger partial charge in [-0.2, -0.15) is 11.3 Å². The molecule has 2 unspecified atom stereocenters. The number of amides is 1. The number of nitrogens with zero attached hydrogens (tertiary/aromatic N) is 1. The molecular formula is C16H24N2OS. The van der Waals surface area contributed by atoms with E-state index in [0.29, 0.717) is 30.5 Å². The van der Waals surface area contributed by atoms with Crippen LogP contribution in [-0.2, 0) is 11.2 Å². The van der Waals surface area contributed by atoms with Crippen molar-refractivity contribution in [3.8, 4) is 0 Å². The number of carbonyl (C=O) groups excluding carboxylic acids is 1. The summed E-state index contributed by atoms with van der Waals surface area (Å²) in [5, 5.41) is 7.81. The smallest absolute Gasteiger partial charge is 0.227 e. The number of hydrogen-bond donors (Lipinski definition) is 1. The SMILES string of the molecule is CCCN(C(=O)Cc1ccsc1)C1CC2CCC(C1)N2. The molecule has 2 saturated heterocycles. The number of piperidine rings is 1. The highest BCUT2D eigenvalue weighted by Gasteiger charge is 2.37. The van der Waals surface area contributed by atoms with Gasteiger partial charge < -0.3 is 10.2 Å². The molecule has 1 amide bonds. The number of nitrogens with one attached hydrogen (secondary N) is 1. The number of fused-ring (bicyclic) bond motifs is 2. The van der Waals surface area contributed by atoms with Gasteiger partial charge in [0.2, 0.25) is 5.91 Å². The first-order valence-electron chi connectivity index (χ1n) is 7.83. The molecule has 0 saturated carbocycles. The average molecular weight is 292 g/mol. The van der Waals surface area contributed by atoms with Gasteiger partial charge in [-0.15, -0.1) is 0 Å².